The Kier molecular flexibility index (Phi) is 6.66. The Morgan fingerprint density at radius 1 is 1.32 bits per heavy atom. The lowest BCUT2D eigenvalue weighted by Gasteiger charge is -2.44. The summed E-state index contributed by atoms with van der Waals surface area (Å²) in [6, 6.07) is 2.01. The lowest BCUT2D eigenvalue weighted by molar-refractivity contribution is -0.139. The summed E-state index contributed by atoms with van der Waals surface area (Å²) in [6.07, 6.45) is 2.61. The van der Waals surface area contributed by atoms with Crippen LogP contribution in [0.4, 0.5) is 0 Å². The van der Waals surface area contributed by atoms with Crippen molar-refractivity contribution in [2.75, 3.05) is 46.4 Å². The van der Waals surface area contributed by atoms with Gasteiger partial charge in [0.15, 0.2) is 0 Å². The maximum atomic E-state index is 12.8. The average molecular weight is 430 g/mol. The van der Waals surface area contributed by atoms with E-state index in [1.807, 2.05) is 11.0 Å². The molecule has 2 N–H and O–H groups in total. The number of rotatable bonds is 3. The highest BCUT2D eigenvalue weighted by atomic mass is 35.5. The van der Waals surface area contributed by atoms with Gasteiger partial charge in [-0.3, -0.25) is 9.59 Å². The molecule has 1 aromatic heterocycles. The van der Waals surface area contributed by atoms with Crippen LogP contribution in [-0.2, 0) is 21.6 Å². The number of halogens is 1. The van der Waals surface area contributed by atoms with Crippen LogP contribution >= 0.6 is 23.7 Å². The number of piperidine rings is 1. The Labute approximate surface area is 175 Å². The summed E-state index contributed by atoms with van der Waals surface area (Å²) < 4.78 is 6.24. The van der Waals surface area contributed by atoms with E-state index in [0.717, 1.165) is 29.7 Å². The third-order valence-electron chi connectivity index (χ3n) is 5.92. The van der Waals surface area contributed by atoms with Gasteiger partial charge in [0.2, 0.25) is 5.91 Å². The molecule has 3 aliphatic rings. The molecule has 4 rings (SSSR count). The number of ether oxygens (including phenoxy) is 1. The van der Waals surface area contributed by atoms with Crippen molar-refractivity contribution in [3.05, 3.63) is 21.4 Å². The highest BCUT2D eigenvalue weighted by Gasteiger charge is 2.43. The monoisotopic (exact) mass is 429 g/mol. The molecule has 7 nitrogen and oxygen atoms in total. The number of thiophene rings is 1. The number of fused-ring (bicyclic) bond motifs is 2. The average Bonchev–Trinajstić information content (AvgIpc) is 3.29. The second-order valence-electron chi connectivity index (χ2n) is 7.65. The molecule has 0 unspecified atom stereocenters. The number of amides is 2. The van der Waals surface area contributed by atoms with E-state index in [4.69, 9.17) is 4.74 Å². The fourth-order valence-corrected chi connectivity index (χ4v) is 5.60. The zero-order valence-corrected chi connectivity index (χ0v) is 17.7. The number of nitrogens with one attached hydrogen (secondary N) is 1. The van der Waals surface area contributed by atoms with E-state index in [9.17, 15) is 14.7 Å². The normalized spacial score (nSPS) is 23.4. The van der Waals surface area contributed by atoms with E-state index < -0.39 is 6.10 Å². The Balaban J connectivity index is 0.00000225. The molecule has 1 atom stereocenters. The largest absolute Gasteiger partial charge is 0.391 e. The molecule has 2 fully saturated rings. The molecule has 2 amide bonds. The van der Waals surface area contributed by atoms with Gasteiger partial charge in [0.05, 0.1) is 29.7 Å². The molecule has 4 heterocycles. The molecular formula is C19H28ClN3O4S. The van der Waals surface area contributed by atoms with Gasteiger partial charge in [-0.1, -0.05) is 0 Å². The molecule has 1 aromatic rings. The van der Waals surface area contributed by atoms with Crippen LogP contribution in [0, 0.1) is 0 Å². The number of aliphatic hydroxyl groups excluding tert-OH is 1. The summed E-state index contributed by atoms with van der Waals surface area (Å²) >= 11 is 1.57. The van der Waals surface area contributed by atoms with Gasteiger partial charge in [0.25, 0.3) is 5.91 Å². The topological polar surface area (TPSA) is 82.1 Å². The van der Waals surface area contributed by atoms with Gasteiger partial charge in [-0.25, -0.2) is 0 Å². The highest BCUT2D eigenvalue weighted by molar-refractivity contribution is 7.14. The third kappa shape index (κ3) is 3.93. The maximum Gasteiger partial charge on any atom is 0.264 e. The van der Waals surface area contributed by atoms with Gasteiger partial charge in [0, 0.05) is 37.5 Å². The number of carbonyl (C=O) groups excluding carboxylic acids is 2. The van der Waals surface area contributed by atoms with Crippen LogP contribution in [0.3, 0.4) is 0 Å². The lowest BCUT2D eigenvalue weighted by Crippen LogP contribution is -2.49. The fourth-order valence-electron chi connectivity index (χ4n) is 4.40. The van der Waals surface area contributed by atoms with Crippen molar-refractivity contribution >= 4 is 35.6 Å². The second-order valence-corrected chi connectivity index (χ2v) is 8.78. The van der Waals surface area contributed by atoms with E-state index in [1.165, 1.54) is 4.88 Å². The van der Waals surface area contributed by atoms with Crippen LogP contribution in [-0.4, -0.2) is 79.2 Å². The molecule has 2 saturated heterocycles. The van der Waals surface area contributed by atoms with Gasteiger partial charge in [-0.15, -0.1) is 23.7 Å². The molecule has 0 aromatic carbocycles. The zero-order valence-electron chi connectivity index (χ0n) is 16.1. The molecule has 0 bridgehead atoms. The Morgan fingerprint density at radius 2 is 2.07 bits per heavy atom. The van der Waals surface area contributed by atoms with Crippen LogP contribution in [0.15, 0.2) is 6.07 Å². The molecule has 0 saturated carbocycles. The number of likely N-dealkylation sites (tertiary alicyclic amines) is 2. The van der Waals surface area contributed by atoms with Gasteiger partial charge >= 0.3 is 0 Å². The minimum Gasteiger partial charge on any atom is -0.391 e. The summed E-state index contributed by atoms with van der Waals surface area (Å²) in [5.41, 5.74) is 0.770. The van der Waals surface area contributed by atoms with Crippen molar-refractivity contribution in [2.45, 2.75) is 37.4 Å². The van der Waals surface area contributed by atoms with Crippen LogP contribution in [0.1, 0.15) is 39.4 Å². The number of hydrogen-bond acceptors (Lipinski definition) is 6. The molecule has 0 radical (unpaired) electrons. The maximum absolute atomic E-state index is 12.8. The van der Waals surface area contributed by atoms with E-state index in [-0.39, 0.29) is 29.8 Å². The van der Waals surface area contributed by atoms with Crippen LogP contribution < -0.4 is 5.32 Å². The minimum atomic E-state index is -0.405. The molecule has 3 aliphatic heterocycles. The number of hydrogen-bond donors (Lipinski definition) is 2. The molecule has 1 spiro atoms. The van der Waals surface area contributed by atoms with Crippen LogP contribution in [0.2, 0.25) is 0 Å². The van der Waals surface area contributed by atoms with Crippen molar-refractivity contribution in [3.63, 3.8) is 0 Å². The van der Waals surface area contributed by atoms with E-state index in [2.05, 4.69) is 5.32 Å². The Hall–Kier alpha value is -1.19. The van der Waals surface area contributed by atoms with Crippen molar-refractivity contribution < 1.29 is 19.4 Å². The predicted molar refractivity (Wildman–Crippen MR) is 109 cm³/mol. The Bertz CT molecular complexity index is 733. The quantitative estimate of drug-likeness (QED) is 0.748. The summed E-state index contributed by atoms with van der Waals surface area (Å²) in [5.74, 6) is 0.139. The van der Waals surface area contributed by atoms with Crippen LogP contribution in [0.25, 0.3) is 0 Å². The van der Waals surface area contributed by atoms with Crippen molar-refractivity contribution in [1.82, 2.24) is 15.1 Å². The zero-order chi connectivity index (χ0) is 19.0. The summed E-state index contributed by atoms with van der Waals surface area (Å²) in [7, 11) is 1.78. The predicted octanol–water partition coefficient (Wildman–Crippen LogP) is 0.987. The minimum absolute atomic E-state index is 0. The first-order valence-electron chi connectivity index (χ1n) is 9.69. The first kappa shape index (κ1) is 21.5. The number of likely N-dealkylation sites (N-methyl/N-ethyl adjacent to an activating group) is 1. The number of β-amino-alcohol motifs (C(OH)–C–C–N with tert-alkyl or cyclic N) is 1. The summed E-state index contributed by atoms with van der Waals surface area (Å²) in [4.78, 5) is 30.6. The molecular weight excluding hydrogens is 402 g/mol. The number of carbonyl (C=O) groups is 2. The van der Waals surface area contributed by atoms with Gasteiger partial charge in [-0.2, -0.15) is 0 Å². The van der Waals surface area contributed by atoms with Crippen LogP contribution in [0.5, 0.6) is 0 Å². The molecule has 9 heteroatoms. The van der Waals surface area contributed by atoms with Gasteiger partial charge in [-0.05, 0) is 37.9 Å². The second kappa shape index (κ2) is 8.67. The molecule has 28 heavy (non-hydrogen) atoms. The standard InChI is InChI=1S/C19H27N3O4S.ClH/c1-20-11-17(24)21-7-4-19(5-8-21)14-10-16(27-15(14)3-9-26-19)18(25)22-6-2-13(23)12-22;/h10,13,20,23H,2-9,11-12H2,1H3;1H/t13-;/m1./s1. The van der Waals surface area contributed by atoms with Gasteiger partial charge < -0.3 is 25.0 Å². The van der Waals surface area contributed by atoms with E-state index >= 15 is 0 Å². The third-order valence-corrected chi connectivity index (χ3v) is 7.10. The number of nitrogens with zero attached hydrogens (tertiary/aromatic N) is 2. The Morgan fingerprint density at radius 3 is 2.71 bits per heavy atom. The van der Waals surface area contributed by atoms with Gasteiger partial charge in [0.1, 0.15) is 0 Å². The molecule has 156 valence electrons. The van der Waals surface area contributed by atoms with Crippen molar-refractivity contribution in [2.24, 2.45) is 0 Å². The SMILES string of the molecule is CNCC(=O)N1CCC2(CC1)OCCc1sc(C(=O)N3CC[C@@H](O)C3)cc12.Cl. The highest BCUT2D eigenvalue weighted by Crippen LogP contribution is 2.44. The van der Waals surface area contributed by atoms with Crippen molar-refractivity contribution in [1.29, 1.82) is 0 Å². The summed E-state index contributed by atoms with van der Waals surface area (Å²) in [6.45, 7) is 3.42. The first-order chi connectivity index (χ1) is 13.0. The smallest absolute Gasteiger partial charge is 0.264 e. The van der Waals surface area contributed by atoms with Crippen molar-refractivity contribution in [3.8, 4) is 0 Å². The lowest BCUT2D eigenvalue weighted by atomic mass is 9.82. The van der Waals surface area contributed by atoms with E-state index in [0.29, 0.717) is 45.8 Å². The van der Waals surface area contributed by atoms with E-state index in [1.54, 1.807) is 23.3 Å². The fraction of sp³-hybridized carbons (Fsp3) is 0.684. The number of aliphatic hydroxyl groups is 1. The first-order valence-corrected chi connectivity index (χ1v) is 10.5. The molecule has 0 aliphatic carbocycles. The summed E-state index contributed by atoms with van der Waals surface area (Å²) in [5, 5.41) is 12.6.